The van der Waals surface area contributed by atoms with E-state index in [-0.39, 0.29) is 5.91 Å². The van der Waals surface area contributed by atoms with Crippen molar-refractivity contribution in [1.29, 1.82) is 0 Å². The number of hydrogen-bond acceptors (Lipinski definition) is 3. The SMILES string of the molecule is Cc1cc(C(=O)Nc2ccn(-c3ccccc3)n2)c(C)o1. The first-order chi connectivity index (χ1) is 10.1. The van der Waals surface area contributed by atoms with Crippen molar-refractivity contribution in [3.8, 4) is 5.69 Å². The second kappa shape index (κ2) is 5.28. The Bertz CT molecular complexity index is 772. The molecule has 0 aliphatic rings. The third-order valence-electron chi connectivity index (χ3n) is 3.14. The first-order valence-electron chi connectivity index (χ1n) is 6.63. The molecule has 3 aromatic rings. The fourth-order valence-electron chi connectivity index (χ4n) is 2.16. The summed E-state index contributed by atoms with van der Waals surface area (Å²) in [6.45, 7) is 3.58. The van der Waals surface area contributed by atoms with Crippen LogP contribution in [0.3, 0.4) is 0 Å². The highest BCUT2D eigenvalue weighted by Crippen LogP contribution is 2.16. The predicted molar refractivity (Wildman–Crippen MR) is 79.7 cm³/mol. The van der Waals surface area contributed by atoms with Crippen LogP contribution >= 0.6 is 0 Å². The minimum Gasteiger partial charge on any atom is -0.466 e. The first kappa shape index (κ1) is 13.2. The summed E-state index contributed by atoms with van der Waals surface area (Å²) in [4.78, 5) is 12.2. The van der Waals surface area contributed by atoms with E-state index in [1.165, 1.54) is 0 Å². The lowest BCUT2D eigenvalue weighted by Crippen LogP contribution is -2.12. The molecule has 5 heteroatoms. The van der Waals surface area contributed by atoms with Crippen molar-refractivity contribution >= 4 is 11.7 Å². The average molecular weight is 281 g/mol. The number of para-hydroxylation sites is 1. The molecule has 0 aliphatic carbocycles. The summed E-state index contributed by atoms with van der Waals surface area (Å²) in [5.74, 6) is 1.60. The molecule has 0 aliphatic heterocycles. The van der Waals surface area contributed by atoms with Crippen molar-refractivity contribution < 1.29 is 9.21 Å². The Morgan fingerprint density at radius 2 is 1.95 bits per heavy atom. The number of nitrogens with one attached hydrogen (secondary N) is 1. The third-order valence-corrected chi connectivity index (χ3v) is 3.14. The number of rotatable bonds is 3. The van der Waals surface area contributed by atoms with Crippen LogP contribution in [0.5, 0.6) is 0 Å². The molecule has 0 saturated carbocycles. The average Bonchev–Trinajstić information content (AvgIpc) is 3.06. The Balaban J connectivity index is 1.79. The molecule has 1 N–H and O–H groups in total. The molecule has 3 rings (SSSR count). The zero-order chi connectivity index (χ0) is 14.8. The number of carbonyl (C=O) groups is 1. The summed E-state index contributed by atoms with van der Waals surface area (Å²) in [6, 6.07) is 13.2. The minimum absolute atomic E-state index is 0.220. The molecule has 0 radical (unpaired) electrons. The van der Waals surface area contributed by atoms with Gasteiger partial charge in [-0.1, -0.05) is 18.2 Å². The number of hydrogen-bond donors (Lipinski definition) is 1. The second-order valence-electron chi connectivity index (χ2n) is 4.76. The van der Waals surface area contributed by atoms with E-state index in [1.54, 1.807) is 29.9 Å². The maximum absolute atomic E-state index is 12.2. The zero-order valence-electron chi connectivity index (χ0n) is 11.8. The second-order valence-corrected chi connectivity index (χ2v) is 4.76. The highest BCUT2D eigenvalue weighted by atomic mass is 16.3. The van der Waals surface area contributed by atoms with Crippen molar-refractivity contribution in [2.45, 2.75) is 13.8 Å². The largest absolute Gasteiger partial charge is 0.466 e. The standard InChI is InChI=1S/C16H15N3O2/c1-11-10-14(12(2)21-11)16(20)17-15-8-9-19(18-15)13-6-4-3-5-7-13/h3-10H,1-2H3,(H,17,18,20). The van der Waals surface area contributed by atoms with E-state index in [1.807, 2.05) is 37.3 Å². The molecule has 0 bridgehead atoms. The Hall–Kier alpha value is -2.82. The van der Waals surface area contributed by atoms with E-state index in [9.17, 15) is 4.79 Å². The maximum atomic E-state index is 12.2. The van der Waals surface area contributed by atoms with Gasteiger partial charge in [-0.25, -0.2) is 4.68 Å². The number of anilines is 1. The van der Waals surface area contributed by atoms with Gasteiger partial charge in [0, 0.05) is 12.3 Å². The Kier molecular flexibility index (Phi) is 3.31. The van der Waals surface area contributed by atoms with E-state index in [0.29, 0.717) is 22.9 Å². The molecule has 0 saturated heterocycles. The number of carbonyl (C=O) groups excluding carboxylic acids is 1. The summed E-state index contributed by atoms with van der Waals surface area (Å²) < 4.78 is 7.07. The van der Waals surface area contributed by atoms with Gasteiger partial charge in [0.15, 0.2) is 5.82 Å². The van der Waals surface area contributed by atoms with Gasteiger partial charge in [0.25, 0.3) is 5.91 Å². The van der Waals surface area contributed by atoms with Gasteiger partial charge in [-0.05, 0) is 32.0 Å². The molecule has 2 heterocycles. The molecule has 1 aromatic carbocycles. The molecule has 21 heavy (non-hydrogen) atoms. The molecule has 2 aromatic heterocycles. The number of aromatic nitrogens is 2. The van der Waals surface area contributed by atoms with Crippen LogP contribution in [0.4, 0.5) is 5.82 Å². The number of aryl methyl sites for hydroxylation is 2. The van der Waals surface area contributed by atoms with Gasteiger partial charge in [-0.2, -0.15) is 5.10 Å². The number of furan rings is 1. The van der Waals surface area contributed by atoms with Gasteiger partial charge in [0.1, 0.15) is 11.5 Å². The molecule has 106 valence electrons. The molecule has 0 spiro atoms. The van der Waals surface area contributed by atoms with Gasteiger partial charge in [0.05, 0.1) is 11.3 Å². The Morgan fingerprint density at radius 3 is 2.62 bits per heavy atom. The van der Waals surface area contributed by atoms with Crippen LogP contribution in [0.15, 0.2) is 53.1 Å². The quantitative estimate of drug-likeness (QED) is 0.801. The molecular weight excluding hydrogens is 266 g/mol. The summed E-state index contributed by atoms with van der Waals surface area (Å²) in [5.41, 5.74) is 1.47. The molecule has 0 unspecified atom stereocenters. The van der Waals surface area contributed by atoms with Crippen molar-refractivity contribution in [2.24, 2.45) is 0 Å². The summed E-state index contributed by atoms with van der Waals surface area (Å²) in [7, 11) is 0. The highest BCUT2D eigenvalue weighted by Gasteiger charge is 2.14. The monoisotopic (exact) mass is 281 g/mol. The fourth-order valence-corrected chi connectivity index (χ4v) is 2.16. The van der Waals surface area contributed by atoms with Crippen LogP contribution in [0, 0.1) is 13.8 Å². The fraction of sp³-hybridized carbons (Fsp3) is 0.125. The summed E-state index contributed by atoms with van der Waals surface area (Å²) >= 11 is 0. The lowest BCUT2D eigenvalue weighted by Gasteiger charge is -2.01. The van der Waals surface area contributed by atoms with Crippen LogP contribution in [0.2, 0.25) is 0 Å². The summed E-state index contributed by atoms with van der Waals surface area (Å²) in [6.07, 6.45) is 1.80. The van der Waals surface area contributed by atoms with Crippen LogP contribution in [0.25, 0.3) is 5.69 Å². The van der Waals surface area contributed by atoms with Crippen LogP contribution < -0.4 is 5.32 Å². The molecular formula is C16H15N3O2. The maximum Gasteiger partial charge on any atom is 0.260 e. The Labute approximate surface area is 122 Å². The Morgan fingerprint density at radius 1 is 1.19 bits per heavy atom. The van der Waals surface area contributed by atoms with Gasteiger partial charge in [-0.3, -0.25) is 4.79 Å². The van der Waals surface area contributed by atoms with E-state index in [4.69, 9.17) is 4.42 Å². The van der Waals surface area contributed by atoms with Gasteiger partial charge in [-0.15, -0.1) is 0 Å². The lowest BCUT2D eigenvalue weighted by atomic mass is 10.2. The lowest BCUT2D eigenvalue weighted by molar-refractivity contribution is 0.102. The van der Waals surface area contributed by atoms with Crippen molar-refractivity contribution in [2.75, 3.05) is 5.32 Å². The molecule has 0 fully saturated rings. The van der Waals surface area contributed by atoms with Gasteiger partial charge >= 0.3 is 0 Å². The van der Waals surface area contributed by atoms with E-state index < -0.39 is 0 Å². The van der Waals surface area contributed by atoms with Crippen molar-refractivity contribution in [1.82, 2.24) is 9.78 Å². The summed E-state index contributed by atoms with van der Waals surface area (Å²) in [5, 5.41) is 7.11. The molecule has 1 amide bonds. The minimum atomic E-state index is -0.220. The normalized spacial score (nSPS) is 10.6. The number of nitrogens with zero attached hydrogens (tertiary/aromatic N) is 2. The number of benzene rings is 1. The van der Waals surface area contributed by atoms with Gasteiger partial charge < -0.3 is 9.73 Å². The predicted octanol–water partition coefficient (Wildman–Crippen LogP) is 3.33. The molecule has 5 nitrogen and oxygen atoms in total. The smallest absolute Gasteiger partial charge is 0.260 e. The van der Waals surface area contributed by atoms with Crippen LogP contribution in [-0.4, -0.2) is 15.7 Å². The number of amides is 1. The van der Waals surface area contributed by atoms with E-state index >= 15 is 0 Å². The third kappa shape index (κ3) is 2.72. The van der Waals surface area contributed by atoms with Crippen LogP contribution in [0.1, 0.15) is 21.9 Å². The van der Waals surface area contributed by atoms with Crippen LogP contribution in [-0.2, 0) is 0 Å². The first-order valence-corrected chi connectivity index (χ1v) is 6.63. The van der Waals surface area contributed by atoms with E-state index in [0.717, 1.165) is 5.69 Å². The highest BCUT2D eigenvalue weighted by molar-refractivity contribution is 6.04. The zero-order valence-corrected chi connectivity index (χ0v) is 11.8. The van der Waals surface area contributed by atoms with Crippen molar-refractivity contribution in [3.63, 3.8) is 0 Å². The topological polar surface area (TPSA) is 60.1 Å². The van der Waals surface area contributed by atoms with E-state index in [2.05, 4.69) is 10.4 Å². The van der Waals surface area contributed by atoms with Crippen molar-refractivity contribution in [3.05, 3.63) is 65.7 Å². The molecule has 0 atom stereocenters. The van der Waals surface area contributed by atoms with Gasteiger partial charge in [0.2, 0.25) is 0 Å².